The summed E-state index contributed by atoms with van der Waals surface area (Å²) in [7, 11) is 0. The van der Waals surface area contributed by atoms with Crippen molar-refractivity contribution in [1.29, 1.82) is 0 Å². The third-order valence-electron chi connectivity index (χ3n) is 3.47. The molecule has 2 aromatic carbocycles. The van der Waals surface area contributed by atoms with Crippen molar-refractivity contribution in [3.05, 3.63) is 59.1 Å². The molecule has 1 atom stereocenters. The zero-order chi connectivity index (χ0) is 17.7. The fraction of sp³-hybridized carbons (Fsp3) is 0.222. The number of halogens is 1. The molecule has 0 aromatic heterocycles. The number of amides is 2. The van der Waals surface area contributed by atoms with Gasteiger partial charge in [0.1, 0.15) is 0 Å². The minimum atomic E-state index is -1.30. The van der Waals surface area contributed by atoms with E-state index in [1.165, 1.54) is 6.92 Å². The Bertz CT molecular complexity index is 745. The fourth-order valence-electron chi connectivity index (χ4n) is 2.32. The van der Waals surface area contributed by atoms with Gasteiger partial charge in [0.05, 0.1) is 23.4 Å². The molecule has 2 rings (SSSR count). The van der Waals surface area contributed by atoms with E-state index in [2.05, 4.69) is 10.6 Å². The number of anilines is 2. The van der Waals surface area contributed by atoms with Crippen molar-refractivity contribution in [1.82, 2.24) is 0 Å². The van der Waals surface area contributed by atoms with Crippen LogP contribution < -0.4 is 10.6 Å². The molecule has 0 fully saturated rings. The van der Waals surface area contributed by atoms with E-state index in [1.807, 2.05) is 6.07 Å². The lowest BCUT2D eigenvalue weighted by atomic mass is 9.92. The molecule has 3 N–H and O–H groups in total. The molecule has 0 saturated carbocycles. The molecular weight excluding hydrogens is 328 g/mol. The first-order valence-electron chi connectivity index (χ1n) is 7.43. The number of aliphatic hydroxyl groups is 1. The number of carbonyl (C=O) groups is 2. The van der Waals surface area contributed by atoms with E-state index in [4.69, 9.17) is 11.6 Å². The Morgan fingerprint density at radius 2 is 1.75 bits per heavy atom. The lowest BCUT2D eigenvalue weighted by molar-refractivity contribution is -0.120. The van der Waals surface area contributed by atoms with Crippen molar-refractivity contribution in [3.63, 3.8) is 0 Å². The predicted octanol–water partition coefficient (Wildman–Crippen LogP) is 3.53. The molecule has 0 aliphatic heterocycles. The quantitative estimate of drug-likeness (QED) is 0.774. The fourth-order valence-corrected chi connectivity index (χ4v) is 2.50. The van der Waals surface area contributed by atoms with Gasteiger partial charge < -0.3 is 15.7 Å². The van der Waals surface area contributed by atoms with E-state index in [1.54, 1.807) is 49.4 Å². The normalized spacial score (nSPS) is 13.0. The van der Waals surface area contributed by atoms with Crippen LogP contribution in [0.3, 0.4) is 0 Å². The van der Waals surface area contributed by atoms with Gasteiger partial charge in [0.15, 0.2) is 0 Å². The van der Waals surface area contributed by atoms with Crippen LogP contribution in [-0.2, 0) is 15.2 Å². The molecule has 0 heterocycles. The van der Waals surface area contributed by atoms with Gasteiger partial charge in [-0.1, -0.05) is 41.9 Å². The molecule has 1 unspecified atom stereocenters. The smallest absolute Gasteiger partial charge is 0.227 e. The Kier molecular flexibility index (Phi) is 5.59. The van der Waals surface area contributed by atoms with Crippen LogP contribution >= 0.6 is 11.6 Å². The van der Waals surface area contributed by atoms with Crippen LogP contribution in [0.25, 0.3) is 0 Å². The molecule has 0 radical (unpaired) electrons. The van der Waals surface area contributed by atoms with E-state index in [0.717, 1.165) is 0 Å². The number of hydrogen-bond donors (Lipinski definition) is 3. The van der Waals surface area contributed by atoms with Crippen molar-refractivity contribution >= 4 is 34.8 Å². The Labute approximate surface area is 145 Å². The summed E-state index contributed by atoms with van der Waals surface area (Å²) in [5, 5.41) is 16.3. The largest absolute Gasteiger partial charge is 0.385 e. The monoisotopic (exact) mass is 346 g/mol. The molecular formula is C18H19ClN2O3. The van der Waals surface area contributed by atoms with E-state index >= 15 is 0 Å². The van der Waals surface area contributed by atoms with Crippen molar-refractivity contribution in [2.75, 3.05) is 10.6 Å². The van der Waals surface area contributed by atoms with Gasteiger partial charge in [-0.25, -0.2) is 0 Å². The second-order valence-corrected chi connectivity index (χ2v) is 6.17. The molecule has 0 spiro atoms. The topological polar surface area (TPSA) is 78.4 Å². The van der Waals surface area contributed by atoms with Crippen LogP contribution in [0.1, 0.15) is 25.8 Å². The predicted molar refractivity (Wildman–Crippen MR) is 95.0 cm³/mol. The van der Waals surface area contributed by atoms with Gasteiger partial charge in [-0.3, -0.25) is 9.59 Å². The first-order chi connectivity index (χ1) is 11.3. The van der Waals surface area contributed by atoms with Crippen molar-refractivity contribution < 1.29 is 14.7 Å². The summed E-state index contributed by atoms with van der Waals surface area (Å²) in [6.45, 7) is 2.95. The maximum Gasteiger partial charge on any atom is 0.227 e. The molecule has 2 aromatic rings. The third-order valence-corrected chi connectivity index (χ3v) is 3.70. The molecule has 6 heteroatoms. The zero-order valence-electron chi connectivity index (χ0n) is 13.5. The summed E-state index contributed by atoms with van der Waals surface area (Å²) < 4.78 is 0. The average Bonchev–Trinajstić information content (AvgIpc) is 2.50. The van der Waals surface area contributed by atoms with Gasteiger partial charge >= 0.3 is 0 Å². The van der Waals surface area contributed by atoms with Gasteiger partial charge in [-0.05, 0) is 30.7 Å². The molecule has 126 valence electrons. The van der Waals surface area contributed by atoms with Gasteiger partial charge in [0.25, 0.3) is 0 Å². The highest BCUT2D eigenvalue weighted by Gasteiger charge is 2.26. The summed E-state index contributed by atoms with van der Waals surface area (Å²) in [6.07, 6.45) is -0.126. The summed E-state index contributed by atoms with van der Waals surface area (Å²) in [4.78, 5) is 23.6. The first-order valence-corrected chi connectivity index (χ1v) is 7.80. The second-order valence-electron chi connectivity index (χ2n) is 5.74. The lowest BCUT2D eigenvalue weighted by Gasteiger charge is -2.23. The zero-order valence-corrected chi connectivity index (χ0v) is 14.2. The Balaban J connectivity index is 2.14. The highest BCUT2D eigenvalue weighted by Crippen LogP contribution is 2.28. The molecule has 0 saturated heterocycles. The Morgan fingerprint density at radius 1 is 1.08 bits per heavy atom. The van der Waals surface area contributed by atoms with E-state index in [-0.39, 0.29) is 18.2 Å². The standard InChI is InChI=1S/C18H19ClN2O3/c1-12(22)20-16-10-14(19)8-9-15(16)21-17(23)11-18(2,24)13-6-4-3-5-7-13/h3-10,24H,11H2,1-2H3,(H,20,22)(H,21,23). The highest BCUT2D eigenvalue weighted by atomic mass is 35.5. The SMILES string of the molecule is CC(=O)Nc1cc(Cl)ccc1NC(=O)CC(C)(O)c1ccccc1. The first kappa shape index (κ1) is 18.0. The van der Waals surface area contributed by atoms with Gasteiger partial charge in [0, 0.05) is 11.9 Å². The minimum absolute atomic E-state index is 0.126. The molecule has 2 amide bonds. The minimum Gasteiger partial charge on any atom is -0.385 e. The highest BCUT2D eigenvalue weighted by molar-refractivity contribution is 6.31. The van der Waals surface area contributed by atoms with Crippen LogP contribution in [-0.4, -0.2) is 16.9 Å². The molecule has 24 heavy (non-hydrogen) atoms. The van der Waals surface area contributed by atoms with Crippen LogP contribution in [0.15, 0.2) is 48.5 Å². The van der Waals surface area contributed by atoms with Gasteiger partial charge in [-0.15, -0.1) is 0 Å². The number of nitrogens with one attached hydrogen (secondary N) is 2. The second kappa shape index (κ2) is 7.47. The van der Waals surface area contributed by atoms with Crippen molar-refractivity contribution in [2.45, 2.75) is 25.9 Å². The van der Waals surface area contributed by atoms with Crippen LogP contribution in [0.5, 0.6) is 0 Å². The Hall–Kier alpha value is -2.37. The maximum absolute atomic E-state index is 12.3. The van der Waals surface area contributed by atoms with Crippen LogP contribution in [0.2, 0.25) is 5.02 Å². The summed E-state index contributed by atoms with van der Waals surface area (Å²) in [5.41, 5.74) is 0.177. The molecule has 0 aliphatic carbocycles. The third kappa shape index (κ3) is 4.81. The van der Waals surface area contributed by atoms with Crippen molar-refractivity contribution in [2.24, 2.45) is 0 Å². The van der Waals surface area contributed by atoms with Crippen molar-refractivity contribution in [3.8, 4) is 0 Å². The van der Waals surface area contributed by atoms with Crippen LogP contribution in [0.4, 0.5) is 11.4 Å². The van der Waals surface area contributed by atoms with E-state index in [9.17, 15) is 14.7 Å². The summed E-state index contributed by atoms with van der Waals surface area (Å²) in [5.74, 6) is -0.651. The molecule has 0 bridgehead atoms. The van der Waals surface area contributed by atoms with E-state index < -0.39 is 5.60 Å². The number of hydrogen-bond acceptors (Lipinski definition) is 3. The Morgan fingerprint density at radius 3 is 2.38 bits per heavy atom. The maximum atomic E-state index is 12.3. The number of rotatable bonds is 5. The summed E-state index contributed by atoms with van der Waals surface area (Å²) >= 11 is 5.92. The average molecular weight is 347 g/mol. The van der Waals surface area contributed by atoms with Gasteiger partial charge in [-0.2, -0.15) is 0 Å². The van der Waals surface area contributed by atoms with E-state index in [0.29, 0.717) is 22.0 Å². The molecule has 5 nitrogen and oxygen atoms in total. The lowest BCUT2D eigenvalue weighted by Crippen LogP contribution is -2.28. The number of benzene rings is 2. The number of carbonyl (C=O) groups excluding carboxylic acids is 2. The van der Waals surface area contributed by atoms with Gasteiger partial charge in [0.2, 0.25) is 11.8 Å². The molecule has 0 aliphatic rings. The van der Waals surface area contributed by atoms with Crippen LogP contribution in [0, 0.1) is 0 Å². The summed E-state index contributed by atoms with van der Waals surface area (Å²) in [6, 6.07) is 13.7.